The van der Waals surface area contributed by atoms with Crippen molar-refractivity contribution in [1.29, 1.82) is 0 Å². The van der Waals surface area contributed by atoms with Crippen molar-refractivity contribution in [3.63, 3.8) is 0 Å². The number of halogens is 1. The number of aromatic nitrogens is 3. The van der Waals surface area contributed by atoms with Crippen LogP contribution in [0.4, 0.5) is 4.39 Å². The van der Waals surface area contributed by atoms with E-state index in [-0.39, 0.29) is 11.1 Å². The highest BCUT2D eigenvalue weighted by molar-refractivity contribution is 7.99. The summed E-state index contributed by atoms with van der Waals surface area (Å²) in [4.78, 5) is 4.01. The zero-order valence-electron chi connectivity index (χ0n) is 8.14. The van der Waals surface area contributed by atoms with E-state index in [1.165, 1.54) is 30.2 Å². The molecule has 1 N–H and O–H groups in total. The molecule has 1 aromatic heterocycles. The predicted octanol–water partition coefficient (Wildman–Crippen LogP) is 2.80. The Morgan fingerprint density at radius 3 is 3.00 bits per heavy atom. The molecule has 0 bridgehead atoms. The lowest BCUT2D eigenvalue weighted by Gasteiger charge is -2.08. The highest BCUT2D eigenvalue weighted by Crippen LogP contribution is 2.32. The van der Waals surface area contributed by atoms with Crippen molar-refractivity contribution in [2.75, 3.05) is 0 Å². The third kappa shape index (κ3) is 2.56. The highest BCUT2D eigenvalue weighted by Gasteiger charge is 2.09. The van der Waals surface area contributed by atoms with E-state index in [1.54, 1.807) is 6.07 Å². The van der Waals surface area contributed by atoms with Crippen LogP contribution in [0.3, 0.4) is 0 Å². The molecule has 0 saturated heterocycles. The van der Waals surface area contributed by atoms with Gasteiger partial charge in [-0.15, -0.1) is 0 Å². The van der Waals surface area contributed by atoms with Gasteiger partial charge in [0.1, 0.15) is 12.1 Å². The Morgan fingerprint density at radius 1 is 1.47 bits per heavy atom. The van der Waals surface area contributed by atoms with E-state index in [9.17, 15) is 4.39 Å². The molecule has 1 atom stereocenters. The molecule has 0 aliphatic rings. The van der Waals surface area contributed by atoms with Gasteiger partial charge < -0.3 is 0 Å². The molecule has 2 aromatic rings. The summed E-state index contributed by atoms with van der Waals surface area (Å²) in [6.07, 6.45) is 1.46. The topological polar surface area (TPSA) is 41.6 Å². The molecule has 15 heavy (non-hydrogen) atoms. The van der Waals surface area contributed by atoms with E-state index in [4.69, 9.17) is 0 Å². The van der Waals surface area contributed by atoms with E-state index in [2.05, 4.69) is 15.2 Å². The number of hydrogen-bond donors (Lipinski definition) is 1. The molecular weight excluding hydrogens is 213 g/mol. The molecule has 0 radical (unpaired) electrons. The molecule has 0 aliphatic carbocycles. The largest absolute Gasteiger partial charge is 0.254 e. The zero-order valence-corrected chi connectivity index (χ0v) is 8.96. The SMILES string of the molecule is C[C@H](Sc1ncn[nH]1)c1cccc(F)c1. The quantitative estimate of drug-likeness (QED) is 0.813. The third-order valence-corrected chi connectivity index (χ3v) is 3.05. The molecule has 0 amide bonds. The van der Waals surface area contributed by atoms with E-state index in [0.717, 1.165) is 10.7 Å². The first-order valence-corrected chi connectivity index (χ1v) is 5.41. The van der Waals surface area contributed by atoms with Gasteiger partial charge in [-0.3, -0.25) is 5.10 Å². The smallest absolute Gasteiger partial charge is 0.183 e. The Hall–Kier alpha value is -1.36. The molecule has 0 unspecified atom stereocenters. The van der Waals surface area contributed by atoms with E-state index in [0.29, 0.717) is 0 Å². The van der Waals surface area contributed by atoms with E-state index < -0.39 is 0 Å². The lowest BCUT2D eigenvalue weighted by molar-refractivity contribution is 0.625. The number of hydrogen-bond acceptors (Lipinski definition) is 3. The summed E-state index contributed by atoms with van der Waals surface area (Å²) >= 11 is 1.52. The van der Waals surface area contributed by atoms with E-state index in [1.807, 2.05) is 13.0 Å². The van der Waals surface area contributed by atoms with E-state index >= 15 is 0 Å². The maximum Gasteiger partial charge on any atom is 0.183 e. The van der Waals surface area contributed by atoms with Gasteiger partial charge in [0.25, 0.3) is 0 Å². The fraction of sp³-hybridized carbons (Fsp3) is 0.200. The van der Waals surface area contributed by atoms with Crippen LogP contribution in [0.1, 0.15) is 17.7 Å². The van der Waals surface area contributed by atoms with Crippen LogP contribution in [0, 0.1) is 5.82 Å². The number of nitrogens with zero attached hydrogens (tertiary/aromatic N) is 2. The van der Waals surface area contributed by atoms with Crippen molar-refractivity contribution < 1.29 is 4.39 Å². The Bertz CT molecular complexity index is 430. The van der Waals surface area contributed by atoms with Crippen LogP contribution in [0.25, 0.3) is 0 Å². The van der Waals surface area contributed by atoms with Gasteiger partial charge in [-0.1, -0.05) is 23.9 Å². The number of H-pyrrole nitrogens is 1. The fourth-order valence-corrected chi connectivity index (χ4v) is 2.08. The molecule has 0 fully saturated rings. The molecule has 2 rings (SSSR count). The maximum atomic E-state index is 13.0. The average molecular weight is 223 g/mol. The summed E-state index contributed by atoms with van der Waals surface area (Å²) in [7, 11) is 0. The van der Waals surface area contributed by atoms with Crippen molar-refractivity contribution in [2.24, 2.45) is 0 Å². The summed E-state index contributed by atoms with van der Waals surface area (Å²) in [5.41, 5.74) is 0.941. The Kier molecular flexibility index (Phi) is 3.01. The molecule has 0 saturated carbocycles. The first-order chi connectivity index (χ1) is 7.25. The van der Waals surface area contributed by atoms with Crippen LogP contribution in [0.2, 0.25) is 0 Å². The molecule has 3 nitrogen and oxygen atoms in total. The molecule has 0 spiro atoms. The first-order valence-electron chi connectivity index (χ1n) is 4.53. The van der Waals surface area contributed by atoms with Gasteiger partial charge in [-0.25, -0.2) is 9.37 Å². The van der Waals surface area contributed by atoms with Crippen molar-refractivity contribution in [2.45, 2.75) is 17.3 Å². The highest BCUT2D eigenvalue weighted by atomic mass is 32.2. The van der Waals surface area contributed by atoms with Gasteiger partial charge in [0, 0.05) is 5.25 Å². The van der Waals surface area contributed by atoms with Crippen molar-refractivity contribution in [1.82, 2.24) is 15.2 Å². The number of nitrogens with one attached hydrogen (secondary N) is 1. The van der Waals surface area contributed by atoms with Gasteiger partial charge in [0.2, 0.25) is 0 Å². The average Bonchev–Trinajstić information content (AvgIpc) is 2.70. The summed E-state index contributed by atoms with van der Waals surface area (Å²) in [6.45, 7) is 2.00. The Labute approximate surface area is 91.1 Å². The molecule has 5 heteroatoms. The monoisotopic (exact) mass is 223 g/mol. The van der Waals surface area contributed by atoms with Crippen molar-refractivity contribution in [3.05, 3.63) is 42.0 Å². The van der Waals surface area contributed by atoms with Gasteiger partial charge >= 0.3 is 0 Å². The number of benzene rings is 1. The second kappa shape index (κ2) is 4.44. The van der Waals surface area contributed by atoms with Crippen molar-refractivity contribution in [3.8, 4) is 0 Å². The number of thioether (sulfide) groups is 1. The maximum absolute atomic E-state index is 13.0. The minimum Gasteiger partial charge on any atom is -0.254 e. The molecule has 0 aliphatic heterocycles. The molecule has 1 heterocycles. The van der Waals surface area contributed by atoms with Crippen LogP contribution in [-0.4, -0.2) is 15.2 Å². The normalized spacial score (nSPS) is 12.7. The fourth-order valence-electron chi connectivity index (χ4n) is 1.25. The summed E-state index contributed by atoms with van der Waals surface area (Å²) in [5, 5.41) is 7.41. The minimum absolute atomic E-state index is 0.147. The molecule has 1 aromatic carbocycles. The standard InChI is InChI=1S/C10H10FN3S/c1-7(15-10-12-6-13-14-10)8-3-2-4-9(11)5-8/h2-7H,1H3,(H,12,13,14)/t7-/m0/s1. The lowest BCUT2D eigenvalue weighted by Crippen LogP contribution is -1.90. The Balaban J connectivity index is 2.11. The van der Waals surface area contributed by atoms with Crippen LogP contribution >= 0.6 is 11.8 Å². The minimum atomic E-state index is -0.211. The number of rotatable bonds is 3. The van der Waals surface area contributed by atoms with Crippen LogP contribution in [-0.2, 0) is 0 Å². The predicted molar refractivity (Wildman–Crippen MR) is 57.1 cm³/mol. The Morgan fingerprint density at radius 2 is 2.33 bits per heavy atom. The second-order valence-electron chi connectivity index (χ2n) is 3.11. The van der Waals surface area contributed by atoms with Gasteiger partial charge in [0.05, 0.1) is 0 Å². The molecular formula is C10H10FN3S. The van der Waals surface area contributed by atoms with Gasteiger partial charge in [0.15, 0.2) is 5.16 Å². The van der Waals surface area contributed by atoms with Crippen LogP contribution in [0.15, 0.2) is 35.7 Å². The molecule has 78 valence electrons. The second-order valence-corrected chi connectivity index (χ2v) is 4.44. The third-order valence-electron chi connectivity index (χ3n) is 2.00. The van der Waals surface area contributed by atoms with Gasteiger partial charge in [-0.2, -0.15) is 5.10 Å². The lowest BCUT2D eigenvalue weighted by atomic mass is 10.2. The summed E-state index contributed by atoms with van der Waals surface area (Å²) in [6, 6.07) is 6.59. The zero-order chi connectivity index (χ0) is 10.7. The first kappa shape index (κ1) is 10.2. The van der Waals surface area contributed by atoms with Crippen LogP contribution in [0.5, 0.6) is 0 Å². The summed E-state index contributed by atoms with van der Waals surface area (Å²) in [5.74, 6) is -0.211. The van der Waals surface area contributed by atoms with Crippen molar-refractivity contribution >= 4 is 11.8 Å². The van der Waals surface area contributed by atoms with Gasteiger partial charge in [-0.05, 0) is 24.6 Å². The summed E-state index contributed by atoms with van der Waals surface area (Å²) < 4.78 is 13.0. The van der Waals surface area contributed by atoms with Crippen LogP contribution < -0.4 is 0 Å². The number of aromatic amines is 1.